The van der Waals surface area contributed by atoms with Crippen molar-refractivity contribution in [3.8, 4) is 5.75 Å². The first-order valence-electron chi connectivity index (χ1n) is 4.23. The Labute approximate surface area is 94.9 Å². The maximum atomic E-state index is 12.3. The summed E-state index contributed by atoms with van der Waals surface area (Å²) >= 11 is 0. The molecule has 17 heavy (non-hydrogen) atoms. The van der Waals surface area contributed by atoms with Gasteiger partial charge in [0.25, 0.3) is 0 Å². The third-order valence-electron chi connectivity index (χ3n) is 1.59. The Kier molecular flexibility index (Phi) is 3.85. The average Bonchev–Trinajstić information content (AvgIpc) is 2.15. The monoisotopic (exact) mass is 268 g/mol. The average molecular weight is 268 g/mol. The Balaban J connectivity index is 2.94. The first-order chi connectivity index (χ1) is 7.74. The van der Waals surface area contributed by atoms with Crippen molar-refractivity contribution in [2.24, 2.45) is 0 Å². The molecule has 1 atom stereocenters. The zero-order chi connectivity index (χ0) is 13.1. The maximum absolute atomic E-state index is 12.3. The van der Waals surface area contributed by atoms with Crippen LogP contribution in [0.3, 0.4) is 0 Å². The summed E-state index contributed by atoms with van der Waals surface area (Å²) in [6.45, 7) is 3.03. The van der Waals surface area contributed by atoms with E-state index in [1.165, 1.54) is 0 Å². The molecule has 0 aliphatic carbocycles. The Morgan fingerprint density at radius 1 is 1.41 bits per heavy atom. The lowest BCUT2D eigenvalue weighted by Crippen LogP contribution is -2.04. The largest absolute Gasteiger partial charge is 0.584 e. The molecule has 4 nitrogen and oxygen atoms in total. The minimum absolute atomic E-state index is 0.424. The van der Waals surface area contributed by atoms with E-state index < -0.39 is 25.3 Å². The summed E-state index contributed by atoms with van der Waals surface area (Å²) in [6.07, 6.45) is -3.90. The standard InChI is InChI=1S/C9H8F3O4P/c1-2-15-17(13,14)16-8-5-3-4-7(6-8)9(10,11)12/h2-6H,1H2,(H,13,14). The molecule has 1 unspecified atom stereocenters. The highest BCUT2D eigenvalue weighted by molar-refractivity contribution is 7.47. The van der Waals surface area contributed by atoms with Crippen LogP contribution in [0.2, 0.25) is 0 Å². The highest BCUT2D eigenvalue weighted by atomic mass is 31.2. The summed E-state index contributed by atoms with van der Waals surface area (Å²) in [7, 11) is -4.47. The van der Waals surface area contributed by atoms with Crippen LogP contribution in [-0.2, 0) is 15.3 Å². The van der Waals surface area contributed by atoms with E-state index in [0.29, 0.717) is 12.3 Å². The van der Waals surface area contributed by atoms with Gasteiger partial charge in [0.2, 0.25) is 0 Å². The van der Waals surface area contributed by atoms with E-state index >= 15 is 0 Å². The van der Waals surface area contributed by atoms with Crippen molar-refractivity contribution in [1.29, 1.82) is 0 Å². The van der Waals surface area contributed by atoms with Crippen molar-refractivity contribution >= 4 is 7.82 Å². The van der Waals surface area contributed by atoms with Gasteiger partial charge in [0.1, 0.15) is 5.75 Å². The number of alkyl halides is 3. The van der Waals surface area contributed by atoms with Gasteiger partial charge in [-0.1, -0.05) is 12.6 Å². The normalized spacial score (nSPS) is 14.8. The van der Waals surface area contributed by atoms with Gasteiger partial charge < -0.3 is 9.05 Å². The fourth-order valence-electron chi connectivity index (χ4n) is 0.978. The van der Waals surface area contributed by atoms with Gasteiger partial charge in [0.05, 0.1) is 11.8 Å². The molecule has 0 spiro atoms. The van der Waals surface area contributed by atoms with E-state index in [4.69, 9.17) is 4.89 Å². The molecule has 1 aromatic carbocycles. The smallest absolute Gasteiger partial charge is 0.404 e. The molecule has 0 radical (unpaired) electrons. The third kappa shape index (κ3) is 4.13. The fourth-order valence-corrected chi connectivity index (χ4v) is 1.59. The topological polar surface area (TPSA) is 55.8 Å². The highest BCUT2D eigenvalue weighted by Crippen LogP contribution is 2.44. The van der Waals surface area contributed by atoms with Crippen LogP contribution >= 0.6 is 7.82 Å². The fraction of sp³-hybridized carbons (Fsp3) is 0.111. The second kappa shape index (κ2) is 4.81. The first kappa shape index (κ1) is 13.6. The van der Waals surface area contributed by atoms with Gasteiger partial charge in [-0.3, -0.25) is 4.89 Å². The second-order valence-electron chi connectivity index (χ2n) is 2.86. The molecule has 94 valence electrons. The number of hydrogen-bond acceptors (Lipinski definition) is 3. The van der Waals surface area contributed by atoms with Crippen LogP contribution in [0.4, 0.5) is 13.2 Å². The number of phosphoric ester groups is 1. The van der Waals surface area contributed by atoms with Crippen molar-refractivity contribution in [3.63, 3.8) is 0 Å². The highest BCUT2D eigenvalue weighted by Gasteiger charge is 2.31. The van der Waals surface area contributed by atoms with Crippen LogP contribution in [0.5, 0.6) is 5.75 Å². The van der Waals surface area contributed by atoms with Crippen molar-refractivity contribution in [2.75, 3.05) is 0 Å². The lowest BCUT2D eigenvalue weighted by Gasteiger charge is -2.12. The maximum Gasteiger partial charge on any atom is 0.584 e. The van der Waals surface area contributed by atoms with Gasteiger partial charge in [0, 0.05) is 0 Å². The predicted molar refractivity (Wildman–Crippen MR) is 53.2 cm³/mol. The lowest BCUT2D eigenvalue weighted by molar-refractivity contribution is -0.137. The lowest BCUT2D eigenvalue weighted by atomic mass is 10.2. The minimum atomic E-state index is -4.56. The van der Waals surface area contributed by atoms with E-state index in [9.17, 15) is 17.7 Å². The summed E-state index contributed by atoms with van der Waals surface area (Å²) in [5.74, 6) is -0.424. The Bertz CT molecular complexity index is 458. The van der Waals surface area contributed by atoms with Gasteiger partial charge in [-0.15, -0.1) is 0 Å². The van der Waals surface area contributed by atoms with E-state index in [1.54, 1.807) is 0 Å². The van der Waals surface area contributed by atoms with Crippen LogP contribution in [-0.4, -0.2) is 4.89 Å². The molecule has 0 saturated carbocycles. The predicted octanol–water partition coefficient (Wildman–Crippen LogP) is 3.34. The van der Waals surface area contributed by atoms with E-state index in [2.05, 4.69) is 15.6 Å². The van der Waals surface area contributed by atoms with Gasteiger partial charge in [-0.05, 0) is 18.2 Å². The first-order valence-corrected chi connectivity index (χ1v) is 5.73. The van der Waals surface area contributed by atoms with Gasteiger partial charge in [-0.25, -0.2) is 4.57 Å². The van der Waals surface area contributed by atoms with Gasteiger partial charge in [0.15, 0.2) is 0 Å². The molecular weight excluding hydrogens is 260 g/mol. The van der Waals surface area contributed by atoms with Gasteiger partial charge >= 0.3 is 14.0 Å². The van der Waals surface area contributed by atoms with Crippen molar-refractivity contribution in [1.82, 2.24) is 0 Å². The Morgan fingerprint density at radius 3 is 2.59 bits per heavy atom. The molecule has 1 rings (SSSR count). The molecule has 0 aliphatic heterocycles. The molecular formula is C9H8F3O4P. The van der Waals surface area contributed by atoms with Crippen LogP contribution in [0.15, 0.2) is 37.1 Å². The molecule has 0 fully saturated rings. The Hall–Kier alpha value is -1.46. The molecule has 0 aromatic heterocycles. The Morgan fingerprint density at radius 2 is 2.06 bits per heavy atom. The van der Waals surface area contributed by atoms with Crippen molar-refractivity contribution in [2.45, 2.75) is 6.18 Å². The summed E-state index contributed by atoms with van der Waals surface area (Å²) in [5.41, 5.74) is -0.992. The minimum Gasteiger partial charge on any atom is -0.404 e. The zero-order valence-electron chi connectivity index (χ0n) is 8.35. The number of benzene rings is 1. The molecule has 0 amide bonds. The molecule has 0 saturated heterocycles. The molecule has 1 N–H and O–H groups in total. The SMILES string of the molecule is C=COP(=O)(O)Oc1cccc(C(F)(F)F)c1. The quantitative estimate of drug-likeness (QED) is 0.672. The van der Waals surface area contributed by atoms with Crippen LogP contribution in [0, 0.1) is 0 Å². The van der Waals surface area contributed by atoms with Crippen LogP contribution in [0.1, 0.15) is 5.56 Å². The number of halogens is 3. The molecule has 0 bridgehead atoms. The van der Waals surface area contributed by atoms with Crippen LogP contribution in [0.25, 0.3) is 0 Å². The van der Waals surface area contributed by atoms with Gasteiger partial charge in [-0.2, -0.15) is 13.2 Å². The van der Waals surface area contributed by atoms with Crippen LogP contribution < -0.4 is 4.52 Å². The van der Waals surface area contributed by atoms with Crippen molar-refractivity contribution < 1.29 is 31.7 Å². The van der Waals surface area contributed by atoms with Crippen molar-refractivity contribution in [3.05, 3.63) is 42.7 Å². The second-order valence-corrected chi connectivity index (χ2v) is 4.19. The van der Waals surface area contributed by atoms with E-state index in [0.717, 1.165) is 18.2 Å². The summed E-state index contributed by atoms with van der Waals surface area (Å²) in [4.78, 5) is 9.02. The summed E-state index contributed by atoms with van der Waals surface area (Å²) < 4.78 is 56.6. The van der Waals surface area contributed by atoms with E-state index in [-0.39, 0.29) is 0 Å². The summed E-state index contributed by atoms with van der Waals surface area (Å²) in [6, 6.07) is 3.55. The molecule has 1 aromatic rings. The molecule has 8 heteroatoms. The molecule has 0 aliphatic rings. The van der Waals surface area contributed by atoms with E-state index in [1.807, 2.05) is 0 Å². The third-order valence-corrected chi connectivity index (χ3v) is 2.45. The molecule has 0 heterocycles. The number of rotatable bonds is 4. The number of phosphoric acid groups is 1. The number of hydrogen-bond donors (Lipinski definition) is 1. The summed E-state index contributed by atoms with van der Waals surface area (Å²) in [5, 5.41) is 0. The zero-order valence-corrected chi connectivity index (χ0v) is 9.24.